The maximum atomic E-state index is 11.6. The van der Waals surface area contributed by atoms with Crippen LogP contribution in [0.15, 0.2) is 35.1 Å². The van der Waals surface area contributed by atoms with Gasteiger partial charge >= 0.3 is 0 Å². The summed E-state index contributed by atoms with van der Waals surface area (Å²) >= 11 is 5.67. The molecular formula is C11H11ClN2O3. The molecule has 2 aromatic heterocycles. The van der Waals surface area contributed by atoms with Crippen molar-refractivity contribution in [3.8, 4) is 0 Å². The van der Waals surface area contributed by atoms with Crippen LogP contribution in [0.1, 0.15) is 22.4 Å². The van der Waals surface area contributed by atoms with Gasteiger partial charge in [-0.3, -0.25) is 4.79 Å². The van der Waals surface area contributed by atoms with Crippen molar-refractivity contribution in [2.45, 2.75) is 6.10 Å². The minimum Gasteiger partial charge on any atom is -0.467 e. The van der Waals surface area contributed by atoms with E-state index in [9.17, 15) is 9.90 Å². The molecule has 1 amide bonds. The molecule has 0 saturated heterocycles. The number of hydrogen-bond acceptors (Lipinski definition) is 3. The van der Waals surface area contributed by atoms with Crippen LogP contribution in [0.5, 0.6) is 0 Å². The topological polar surface area (TPSA) is 78.3 Å². The fourth-order valence-electron chi connectivity index (χ4n) is 1.37. The zero-order chi connectivity index (χ0) is 12.3. The summed E-state index contributed by atoms with van der Waals surface area (Å²) in [6, 6.07) is 4.82. The summed E-state index contributed by atoms with van der Waals surface area (Å²) in [4.78, 5) is 14.3. The number of furan rings is 1. The van der Waals surface area contributed by atoms with E-state index in [0.717, 1.165) is 0 Å². The van der Waals surface area contributed by atoms with E-state index in [1.54, 1.807) is 12.1 Å². The first kappa shape index (κ1) is 11.8. The third-order valence-electron chi connectivity index (χ3n) is 2.22. The van der Waals surface area contributed by atoms with Crippen LogP contribution in [0.3, 0.4) is 0 Å². The lowest BCUT2D eigenvalue weighted by atomic mass is 10.2. The van der Waals surface area contributed by atoms with Gasteiger partial charge in [-0.25, -0.2) is 0 Å². The van der Waals surface area contributed by atoms with Gasteiger partial charge in [-0.05, 0) is 18.2 Å². The third-order valence-corrected chi connectivity index (χ3v) is 2.44. The Balaban J connectivity index is 1.88. The number of aromatic amines is 1. The summed E-state index contributed by atoms with van der Waals surface area (Å²) in [6.45, 7) is 0.0724. The van der Waals surface area contributed by atoms with Gasteiger partial charge in [-0.15, -0.1) is 0 Å². The molecule has 17 heavy (non-hydrogen) atoms. The Labute approximate surface area is 102 Å². The number of aliphatic hydroxyl groups excluding tert-OH is 1. The molecule has 0 saturated carbocycles. The van der Waals surface area contributed by atoms with Gasteiger partial charge in [-0.2, -0.15) is 0 Å². The number of nitrogens with one attached hydrogen (secondary N) is 2. The Bertz CT molecular complexity index is 493. The van der Waals surface area contributed by atoms with Crippen LogP contribution in [-0.4, -0.2) is 22.5 Å². The molecular weight excluding hydrogens is 244 g/mol. The SMILES string of the molecule is O=C(NCC(O)c1ccco1)c1cc(Cl)c[nH]1. The van der Waals surface area contributed by atoms with E-state index < -0.39 is 6.10 Å². The van der Waals surface area contributed by atoms with Crippen molar-refractivity contribution in [3.05, 3.63) is 47.1 Å². The molecule has 0 aromatic carbocycles. The van der Waals surface area contributed by atoms with Crippen molar-refractivity contribution in [2.75, 3.05) is 6.54 Å². The lowest BCUT2D eigenvalue weighted by Crippen LogP contribution is -2.28. The van der Waals surface area contributed by atoms with Crippen molar-refractivity contribution in [1.82, 2.24) is 10.3 Å². The number of H-pyrrole nitrogens is 1. The highest BCUT2D eigenvalue weighted by Gasteiger charge is 2.13. The van der Waals surface area contributed by atoms with Crippen LogP contribution < -0.4 is 5.32 Å². The lowest BCUT2D eigenvalue weighted by molar-refractivity contribution is 0.0897. The van der Waals surface area contributed by atoms with Crippen molar-refractivity contribution < 1.29 is 14.3 Å². The van der Waals surface area contributed by atoms with Gasteiger partial charge in [0.15, 0.2) is 0 Å². The van der Waals surface area contributed by atoms with Gasteiger partial charge in [0.1, 0.15) is 17.6 Å². The molecule has 6 heteroatoms. The van der Waals surface area contributed by atoms with Crippen molar-refractivity contribution in [1.29, 1.82) is 0 Å². The molecule has 5 nitrogen and oxygen atoms in total. The molecule has 2 rings (SSSR count). The average molecular weight is 255 g/mol. The van der Waals surface area contributed by atoms with Gasteiger partial charge in [-0.1, -0.05) is 11.6 Å². The molecule has 0 radical (unpaired) electrons. The average Bonchev–Trinajstić information content (AvgIpc) is 2.95. The fraction of sp³-hybridized carbons (Fsp3) is 0.182. The van der Waals surface area contributed by atoms with Crippen molar-refractivity contribution >= 4 is 17.5 Å². The number of aliphatic hydroxyl groups is 1. The Hall–Kier alpha value is -1.72. The van der Waals surface area contributed by atoms with E-state index in [1.165, 1.54) is 18.5 Å². The molecule has 0 fully saturated rings. The molecule has 0 aliphatic carbocycles. The van der Waals surface area contributed by atoms with Crippen LogP contribution in [0, 0.1) is 0 Å². The summed E-state index contributed by atoms with van der Waals surface area (Å²) in [7, 11) is 0. The molecule has 0 aliphatic heterocycles. The van der Waals surface area contributed by atoms with E-state index in [1.807, 2.05) is 0 Å². The summed E-state index contributed by atoms with van der Waals surface area (Å²) in [5.41, 5.74) is 0.349. The zero-order valence-corrected chi connectivity index (χ0v) is 9.57. The number of carbonyl (C=O) groups is 1. The minimum atomic E-state index is -0.862. The van der Waals surface area contributed by atoms with Crippen molar-refractivity contribution in [3.63, 3.8) is 0 Å². The smallest absolute Gasteiger partial charge is 0.267 e. The second-order valence-corrected chi connectivity index (χ2v) is 3.91. The number of hydrogen-bond donors (Lipinski definition) is 3. The number of amides is 1. The Morgan fingerprint density at radius 3 is 3.06 bits per heavy atom. The molecule has 3 N–H and O–H groups in total. The van der Waals surface area contributed by atoms with Gasteiger partial charge < -0.3 is 19.8 Å². The molecule has 2 heterocycles. The number of aromatic nitrogens is 1. The second-order valence-electron chi connectivity index (χ2n) is 3.47. The van der Waals surface area contributed by atoms with Crippen LogP contribution >= 0.6 is 11.6 Å². The normalized spacial score (nSPS) is 12.4. The first-order valence-corrected chi connectivity index (χ1v) is 5.38. The lowest BCUT2D eigenvalue weighted by Gasteiger charge is -2.08. The van der Waals surface area contributed by atoms with E-state index in [2.05, 4.69) is 10.3 Å². The fourth-order valence-corrected chi connectivity index (χ4v) is 1.53. The Morgan fingerprint density at radius 2 is 2.47 bits per heavy atom. The van der Waals surface area contributed by atoms with E-state index in [-0.39, 0.29) is 12.5 Å². The molecule has 0 aliphatic rings. The van der Waals surface area contributed by atoms with Gasteiger partial charge in [0, 0.05) is 6.20 Å². The molecule has 2 aromatic rings. The van der Waals surface area contributed by atoms with E-state index >= 15 is 0 Å². The highest BCUT2D eigenvalue weighted by molar-refractivity contribution is 6.30. The van der Waals surface area contributed by atoms with Crippen LogP contribution in [0.4, 0.5) is 0 Å². The van der Waals surface area contributed by atoms with E-state index in [0.29, 0.717) is 16.5 Å². The highest BCUT2D eigenvalue weighted by Crippen LogP contribution is 2.12. The predicted molar refractivity (Wildman–Crippen MR) is 61.8 cm³/mol. The minimum absolute atomic E-state index is 0.0724. The summed E-state index contributed by atoms with van der Waals surface area (Å²) in [5, 5.41) is 12.7. The van der Waals surface area contributed by atoms with Crippen LogP contribution in [-0.2, 0) is 0 Å². The monoisotopic (exact) mass is 254 g/mol. The van der Waals surface area contributed by atoms with E-state index in [4.69, 9.17) is 16.0 Å². The molecule has 0 spiro atoms. The largest absolute Gasteiger partial charge is 0.467 e. The highest BCUT2D eigenvalue weighted by atomic mass is 35.5. The van der Waals surface area contributed by atoms with Crippen LogP contribution in [0.2, 0.25) is 5.02 Å². The summed E-state index contributed by atoms with van der Waals surface area (Å²) < 4.78 is 5.01. The first-order chi connectivity index (χ1) is 8.16. The second kappa shape index (κ2) is 5.07. The molecule has 90 valence electrons. The van der Waals surface area contributed by atoms with Crippen LogP contribution in [0.25, 0.3) is 0 Å². The number of rotatable bonds is 4. The molecule has 0 bridgehead atoms. The van der Waals surface area contributed by atoms with Gasteiger partial charge in [0.25, 0.3) is 5.91 Å². The zero-order valence-electron chi connectivity index (χ0n) is 8.81. The van der Waals surface area contributed by atoms with Gasteiger partial charge in [0.2, 0.25) is 0 Å². The van der Waals surface area contributed by atoms with Crippen molar-refractivity contribution in [2.24, 2.45) is 0 Å². The number of halogens is 1. The quantitative estimate of drug-likeness (QED) is 0.777. The molecule has 1 unspecified atom stereocenters. The standard InChI is InChI=1S/C11H11ClN2O3/c12-7-4-8(13-5-7)11(16)14-6-9(15)10-2-1-3-17-10/h1-5,9,13,15H,6H2,(H,14,16). The van der Waals surface area contributed by atoms with Gasteiger partial charge in [0.05, 0.1) is 17.8 Å². The third kappa shape index (κ3) is 2.89. The molecule has 1 atom stereocenters. The Kier molecular flexibility index (Phi) is 3.51. The maximum Gasteiger partial charge on any atom is 0.267 e. The Morgan fingerprint density at radius 1 is 1.65 bits per heavy atom. The maximum absolute atomic E-state index is 11.6. The first-order valence-electron chi connectivity index (χ1n) is 5.00. The number of carbonyl (C=O) groups excluding carboxylic acids is 1. The predicted octanol–water partition coefficient (Wildman–Crippen LogP) is 1.72. The summed E-state index contributed by atoms with van der Waals surface area (Å²) in [6.07, 6.45) is 2.12. The summed E-state index contributed by atoms with van der Waals surface area (Å²) in [5.74, 6) is 0.0809.